The van der Waals surface area contributed by atoms with Gasteiger partial charge in [0.15, 0.2) is 4.80 Å². The van der Waals surface area contributed by atoms with E-state index in [1.807, 2.05) is 0 Å². The third-order valence-corrected chi connectivity index (χ3v) is 4.79. The number of benzene rings is 2. The van der Waals surface area contributed by atoms with Gasteiger partial charge in [-0.05, 0) is 18.2 Å². The summed E-state index contributed by atoms with van der Waals surface area (Å²) in [6.45, 7) is -0.313. The van der Waals surface area contributed by atoms with Crippen molar-refractivity contribution in [1.29, 1.82) is 0 Å². The molecule has 0 aliphatic heterocycles. The van der Waals surface area contributed by atoms with Crippen molar-refractivity contribution in [2.24, 2.45) is 4.99 Å². The van der Waals surface area contributed by atoms with E-state index in [0.717, 1.165) is 23.5 Å². The first-order valence-electron chi connectivity index (χ1n) is 7.69. The van der Waals surface area contributed by atoms with E-state index >= 15 is 0 Å². The van der Waals surface area contributed by atoms with Crippen LogP contribution in [0.2, 0.25) is 0 Å². The van der Waals surface area contributed by atoms with Crippen LogP contribution in [0.5, 0.6) is 0 Å². The summed E-state index contributed by atoms with van der Waals surface area (Å²) in [4.78, 5) is 38.3. The van der Waals surface area contributed by atoms with Crippen LogP contribution in [0.3, 0.4) is 0 Å². The Morgan fingerprint density at radius 2 is 2.00 bits per heavy atom. The minimum absolute atomic E-state index is 0.00891. The summed E-state index contributed by atoms with van der Waals surface area (Å²) in [6.07, 6.45) is 0. The van der Waals surface area contributed by atoms with Crippen LogP contribution in [-0.2, 0) is 16.1 Å². The Hall–Kier alpha value is -3.47. The van der Waals surface area contributed by atoms with Crippen LogP contribution in [0.15, 0.2) is 41.4 Å². The number of ether oxygens (including phenoxy) is 1. The number of amides is 1. The fourth-order valence-electron chi connectivity index (χ4n) is 2.42. The number of nitro benzene ring substituents is 1. The minimum atomic E-state index is -1.08. The molecule has 0 saturated heterocycles. The molecule has 0 unspecified atom stereocenters. The Bertz CT molecular complexity index is 1190. The van der Waals surface area contributed by atoms with Crippen molar-refractivity contribution in [3.8, 4) is 0 Å². The van der Waals surface area contributed by atoms with Crippen molar-refractivity contribution in [3.05, 3.63) is 68.5 Å². The van der Waals surface area contributed by atoms with Crippen molar-refractivity contribution >= 4 is 39.1 Å². The van der Waals surface area contributed by atoms with Gasteiger partial charge in [0, 0.05) is 18.2 Å². The Labute approximate surface area is 159 Å². The summed E-state index contributed by atoms with van der Waals surface area (Å²) in [5.74, 6) is -3.55. The molecule has 144 valence electrons. The number of hydrogen-bond donors (Lipinski definition) is 0. The van der Waals surface area contributed by atoms with Crippen molar-refractivity contribution in [3.63, 3.8) is 0 Å². The molecule has 3 aromatic rings. The molecule has 0 aliphatic carbocycles. The van der Waals surface area contributed by atoms with Gasteiger partial charge in [-0.2, -0.15) is 4.99 Å². The molecule has 2 aromatic carbocycles. The van der Waals surface area contributed by atoms with Gasteiger partial charge in [-0.3, -0.25) is 19.7 Å². The van der Waals surface area contributed by atoms with Crippen molar-refractivity contribution in [2.75, 3.05) is 7.11 Å². The topological polar surface area (TPSA) is 104 Å². The van der Waals surface area contributed by atoms with E-state index in [9.17, 15) is 28.5 Å². The first-order chi connectivity index (χ1) is 13.3. The average molecular weight is 407 g/mol. The van der Waals surface area contributed by atoms with Gasteiger partial charge in [0.25, 0.3) is 11.6 Å². The zero-order valence-corrected chi connectivity index (χ0v) is 15.0. The minimum Gasteiger partial charge on any atom is -0.468 e. The SMILES string of the molecule is COC(=O)Cn1c(=NC(=O)c2ccc(F)cc2F)sc2cc([N+](=O)[O-])ccc21. The molecule has 0 atom stereocenters. The standard InChI is InChI=1S/C17H11F2N3O5S/c1-27-15(23)8-21-13-5-3-10(22(25)26)7-14(13)28-17(21)20-16(24)11-4-2-9(18)6-12(11)19/h2-7H,8H2,1H3. The van der Waals surface area contributed by atoms with Gasteiger partial charge in [-0.15, -0.1) is 0 Å². The fourth-order valence-corrected chi connectivity index (χ4v) is 3.48. The summed E-state index contributed by atoms with van der Waals surface area (Å²) in [6, 6.07) is 6.36. The van der Waals surface area contributed by atoms with Crippen LogP contribution in [0.4, 0.5) is 14.5 Å². The number of fused-ring (bicyclic) bond motifs is 1. The number of carbonyl (C=O) groups is 2. The lowest BCUT2D eigenvalue weighted by Gasteiger charge is -2.03. The molecule has 1 amide bonds. The number of methoxy groups -OCH3 is 1. The Morgan fingerprint density at radius 3 is 2.64 bits per heavy atom. The van der Waals surface area contributed by atoms with Crippen LogP contribution < -0.4 is 4.80 Å². The van der Waals surface area contributed by atoms with Gasteiger partial charge in [-0.1, -0.05) is 11.3 Å². The predicted octanol–water partition coefficient (Wildman–Crippen LogP) is 2.80. The fraction of sp³-hybridized carbons (Fsp3) is 0.118. The predicted molar refractivity (Wildman–Crippen MR) is 94.7 cm³/mol. The first kappa shape index (κ1) is 19.3. The van der Waals surface area contributed by atoms with Crippen LogP contribution in [0.25, 0.3) is 10.2 Å². The highest BCUT2D eigenvalue weighted by molar-refractivity contribution is 7.16. The van der Waals surface area contributed by atoms with Gasteiger partial charge in [0.05, 0.1) is 27.8 Å². The zero-order chi connectivity index (χ0) is 20.4. The number of rotatable bonds is 4. The molecule has 3 rings (SSSR count). The molecule has 1 aromatic heterocycles. The molecular weight excluding hydrogens is 396 g/mol. The number of carbonyl (C=O) groups excluding carboxylic acids is 2. The number of nitrogens with zero attached hydrogens (tertiary/aromatic N) is 3. The average Bonchev–Trinajstić information content (AvgIpc) is 2.97. The molecule has 0 radical (unpaired) electrons. The van der Waals surface area contributed by atoms with Gasteiger partial charge in [-0.25, -0.2) is 8.78 Å². The lowest BCUT2D eigenvalue weighted by Crippen LogP contribution is -2.22. The maximum absolute atomic E-state index is 13.8. The molecule has 0 fully saturated rings. The quantitative estimate of drug-likeness (QED) is 0.376. The summed E-state index contributed by atoms with van der Waals surface area (Å²) >= 11 is 0.907. The molecule has 8 nitrogen and oxygen atoms in total. The highest BCUT2D eigenvalue weighted by atomic mass is 32.1. The number of hydrogen-bond acceptors (Lipinski definition) is 6. The van der Waals surface area contributed by atoms with Crippen LogP contribution in [0, 0.1) is 21.7 Å². The maximum atomic E-state index is 13.8. The smallest absolute Gasteiger partial charge is 0.325 e. The molecule has 0 saturated carbocycles. The molecule has 11 heteroatoms. The molecule has 0 bridgehead atoms. The lowest BCUT2D eigenvalue weighted by atomic mass is 10.2. The van der Waals surface area contributed by atoms with Gasteiger partial charge >= 0.3 is 5.97 Å². The van der Waals surface area contributed by atoms with E-state index in [0.29, 0.717) is 16.3 Å². The summed E-state index contributed by atoms with van der Waals surface area (Å²) in [5.41, 5.74) is -0.219. The molecule has 28 heavy (non-hydrogen) atoms. The van der Waals surface area contributed by atoms with Crippen molar-refractivity contribution < 1.29 is 28.0 Å². The Kier molecular flexibility index (Phi) is 5.27. The van der Waals surface area contributed by atoms with E-state index in [-0.39, 0.29) is 17.0 Å². The first-order valence-corrected chi connectivity index (χ1v) is 8.50. The number of esters is 1. The van der Waals surface area contributed by atoms with Crippen molar-refractivity contribution in [2.45, 2.75) is 6.54 Å². The third-order valence-electron chi connectivity index (χ3n) is 3.75. The number of halogens is 2. The van der Waals surface area contributed by atoms with E-state index < -0.39 is 34.0 Å². The molecule has 1 heterocycles. The highest BCUT2D eigenvalue weighted by Gasteiger charge is 2.17. The van der Waals surface area contributed by atoms with E-state index in [4.69, 9.17) is 0 Å². The summed E-state index contributed by atoms with van der Waals surface area (Å²) in [7, 11) is 1.18. The third kappa shape index (κ3) is 3.78. The van der Waals surface area contributed by atoms with E-state index in [1.165, 1.54) is 29.9 Å². The summed E-state index contributed by atoms with van der Waals surface area (Å²) in [5, 5.41) is 11.0. The second-order valence-corrected chi connectivity index (χ2v) is 6.51. The monoisotopic (exact) mass is 407 g/mol. The molecule has 0 N–H and O–H groups in total. The number of thiazole rings is 1. The maximum Gasteiger partial charge on any atom is 0.325 e. The highest BCUT2D eigenvalue weighted by Crippen LogP contribution is 2.23. The lowest BCUT2D eigenvalue weighted by molar-refractivity contribution is -0.384. The largest absolute Gasteiger partial charge is 0.468 e. The van der Waals surface area contributed by atoms with E-state index in [1.54, 1.807) is 0 Å². The molecule has 0 spiro atoms. The number of nitro groups is 1. The normalized spacial score (nSPS) is 11.6. The second kappa shape index (κ2) is 7.64. The van der Waals surface area contributed by atoms with Crippen LogP contribution >= 0.6 is 11.3 Å². The van der Waals surface area contributed by atoms with Gasteiger partial charge in [0.1, 0.15) is 18.2 Å². The van der Waals surface area contributed by atoms with Gasteiger partial charge < -0.3 is 9.30 Å². The zero-order valence-electron chi connectivity index (χ0n) is 14.2. The van der Waals surface area contributed by atoms with Crippen LogP contribution in [-0.4, -0.2) is 28.5 Å². The number of aromatic nitrogens is 1. The molecular formula is C17H11F2N3O5S. The van der Waals surface area contributed by atoms with Crippen molar-refractivity contribution in [1.82, 2.24) is 4.57 Å². The second-order valence-electron chi connectivity index (χ2n) is 5.50. The Balaban J connectivity index is 2.18. The van der Waals surface area contributed by atoms with Crippen LogP contribution in [0.1, 0.15) is 10.4 Å². The van der Waals surface area contributed by atoms with Gasteiger partial charge in [0.2, 0.25) is 0 Å². The van der Waals surface area contributed by atoms with E-state index in [2.05, 4.69) is 9.73 Å². The number of non-ortho nitro benzene ring substituents is 1. The Morgan fingerprint density at radius 1 is 1.25 bits per heavy atom. The molecule has 0 aliphatic rings. The summed E-state index contributed by atoms with van der Waals surface area (Å²) < 4.78 is 33.2.